The van der Waals surface area contributed by atoms with Gasteiger partial charge in [-0.25, -0.2) is 0 Å². The summed E-state index contributed by atoms with van der Waals surface area (Å²) in [7, 11) is 2.83. The summed E-state index contributed by atoms with van der Waals surface area (Å²) in [5, 5.41) is 31.5. The predicted octanol–water partition coefficient (Wildman–Crippen LogP) is 8.87. The Labute approximate surface area is 360 Å². The van der Waals surface area contributed by atoms with E-state index in [4.69, 9.17) is 23.7 Å². The molecule has 0 rings (SSSR count). The largest absolute Gasteiger partial charge is 0.469 e. The van der Waals surface area contributed by atoms with Crippen LogP contribution in [-0.4, -0.2) is 123 Å². The highest BCUT2D eigenvalue weighted by molar-refractivity contribution is 5.69. The standard InChI is InChI=1S/C47H91NO11/c1-5-7-8-9-10-18-27-44(6-2)59-47(54)30-21-15-17-26-42(50)37-48(33-22-16-23-34-49)38-43(51)32-31-41(39-57-35-24-13-11-19-28-45(52)55-3)40-58-36-25-14-12-20-29-46(53)56-4/h41-44,49-51H,5-40H2,1-4H3/t42-,43-,44?/m0/s1. The van der Waals surface area contributed by atoms with Crippen LogP contribution in [0.5, 0.6) is 0 Å². The van der Waals surface area contributed by atoms with Crippen molar-refractivity contribution in [3.63, 3.8) is 0 Å². The third-order valence-electron chi connectivity index (χ3n) is 11.0. The van der Waals surface area contributed by atoms with Crippen molar-refractivity contribution in [1.29, 1.82) is 0 Å². The van der Waals surface area contributed by atoms with Crippen LogP contribution in [0.15, 0.2) is 0 Å². The molecular formula is C47H91NO11. The number of hydrogen-bond acceptors (Lipinski definition) is 12. The van der Waals surface area contributed by atoms with Crippen LogP contribution in [0, 0.1) is 5.92 Å². The molecule has 0 amide bonds. The van der Waals surface area contributed by atoms with E-state index in [-0.39, 0.29) is 36.5 Å². The Morgan fingerprint density at radius 1 is 0.525 bits per heavy atom. The van der Waals surface area contributed by atoms with Gasteiger partial charge in [0.1, 0.15) is 6.10 Å². The van der Waals surface area contributed by atoms with Gasteiger partial charge in [-0.3, -0.25) is 19.3 Å². The molecule has 0 spiro atoms. The predicted molar refractivity (Wildman–Crippen MR) is 235 cm³/mol. The number of aliphatic hydroxyl groups is 3. The van der Waals surface area contributed by atoms with Crippen LogP contribution in [-0.2, 0) is 38.1 Å². The van der Waals surface area contributed by atoms with Crippen molar-refractivity contribution in [1.82, 2.24) is 4.90 Å². The molecule has 12 nitrogen and oxygen atoms in total. The van der Waals surface area contributed by atoms with E-state index in [0.29, 0.717) is 71.6 Å². The van der Waals surface area contributed by atoms with E-state index >= 15 is 0 Å². The Kier molecular flexibility index (Phi) is 41.5. The summed E-state index contributed by atoms with van der Waals surface area (Å²) in [4.78, 5) is 37.3. The molecule has 0 aromatic heterocycles. The highest BCUT2D eigenvalue weighted by Crippen LogP contribution is 2.17. The SMILES string of the molecule is CCCCCCCCC(CC)OC(=O)CCCCC[C@H](O)CN(CCCCCO)C[C@@H](O)CCC(COCCCCCCC(=O)OC)COCCCCCCC(=O)OC. The molecule has 0 aliphatic rings. The maximum Gasteiger partial charge on any atom is 0.306 e. The van der Waals surface area contributed by atoms with Gasteiger partial charge in [-0.2, -0.15) is 0 Å². The summed E-state index contributed by atoms with van der Waals surface area (Å²) >= 11 is 0. The van der Waals surface area contributed by atoms with Crippen molar-refractivity contribution in [2.75, 3.05) is 66.9 Å². The average Bonchev–Trinajstić information content (AvgIpc) is 3.23. The lowest BCUT2D eigenvalue weighted by Gasteiger charge is -2.28. The second-order valence-corrected chi connectivity index (χ2v) is 16.6. The number of hydrogen-bond donors (Lipinski definition) is 3. The molecule has 12 heteroatoms. The Bertz CT molecular complexity index is 923. The molecule has 3 N–H and O–H groups in total. The molecule has 0 radical (unpaired) electrons. The van der Waals surface area contributed by atoms with Gasteiger partial charge < -0.3 is 39.0 Å². The molecule has 3 atom stereocenters. The van der Waals surface area contributed by atoms with E-state index in [1.807, 2.05) is 0 Å². The van der Waals surface area contributed by atoms with Crippen LogP contribution in [0.25, 0.3) is 0 Å². The molecule has 0 aliphatic carbocycles. The molecule has 1 unspecified atom stereocenters. The molecule has 0 bridgehead atoms. The first-order chi connectivity index (χ1) is 28.7. The number of carbonyl (C=O) groups is 3. The molecule has 0 saturated heterocycles. The third kappa shape index (κ3) is 38.8. The van der Waals surface area contributed by atoms with Gasteiger partial charge in [-0.15, -0.1) is 0 Å². The molecule has 59 heavy (non-hydrogen) atoms. The number of rotatable bonds is 45. The first-order valence-corrected chi connectivity index (χ1v) is 23.9. The van der Waals surface area contributed by atoms with E-state index in [2.05, 4.69) is 18.7 Å². The number of ether oxygens (including phenoxy) is 5. The van der Waals surface area contributed by atoms with Crippen LogP contribution in [0.3, 0.4) is 0 Å². The number of esters is 3. The Morgan fingerprint density at radius 3 is 1.56 bits per heavy atom. The average molecular weight is 846 g/mol. The number of nitrogens with zero attached hydrogens (tertiary/aromatic N) is 1. The van der Waals surface area contributed by atoms with E-state index < -0.39 is 12.2 Å². The molecule has 0 heterocycles. The lowest BCUT2D eigenvalue weighted by Crippen LogP contribution is -2.39. The van der Waals surface area contributed by atoms with Crippen molar-refractivity contribution in [3.05, 3.63) is 0 Å². The molecule has 350 valence electrons. The summed E-state index contributed by atoms with van der Waals surface area (Å²) in [6, 6.07) is 0. The summed E-state index contributed by atoms with van der Waals surface area (Å²) in [5.41, 5.74) is 0. The Hall–Kier alpha value is -1.83. The molecule has 0 aliphatic heterocycles. The molecular weight excluding hydrogens is 755 g/mol. The number of methoxy groups -OCH3 is 2. The fraction of sp³-hybridized carbons (Fsp3) is 0.936. The Balaban J connectivity index is 4.80. The third-order valence-corrected chi connectivity index (χ3v) is 11.0. The van der Waals surface area contributed by atoms with Crippen molar-refractivity contribution in [3.8, 4) is 0 Å². The van der Waals surface area contributed by atoms with Crippen LogP contribution in [0.2, 0.25) is 0 Å². The summed E-state index contributed by atoms with van der Waals surface area (Å²) in [6.45, 7) is 8.53. The van der Waals surface area contributed by atoms with Crippen molar-refractivity contribution < 1.29 is 53.4 Å². The normalized spacial score (nSPS) is 13.2. The van der Waals surface area contributed by atoms with Crippen molar-refractivity contribution in [2.45, 2.75) is 212 Å². The van der Waals surface area contributed by atoms with E-state index in [0.717, 1.165) is 122 Å². The Morgan fingerprint density at radius 2 is 1.00 bits per heavy atom. The minimum absolute atomic E-state index is 0.0149. The zero-order chi connectivity index (χ0) is 43.6. The zero-order valence-electron chi connectivity index (χ0n) is 38.3. The van der Waals surface area contributed by atoms with E-state index in [9.17, 15) is 29.7 Å². The first kappa shape index (κ1) is 57.2. The summed E-state index contributed by atoms with van der Waals surface area (Å²) < 4.78 is 27.3. The topological polar surface area (TPSA) is 161 Å². The quantitative estimate of drug-likeness (QED) is 0.0304. The molecule has 0 fully saturated rings. The lowest BCUT2D eigenvalue weighted by molar-refractivity contribution is -0.149. The monoisotopic (exact) mass is 846 g/mol. The lowest BCUT2D eigenvalue weighted by atomic mass is 10.0. The smallest absolute Gasteiger partial charge is 0.306 e. The minimum Gasteiger partial charge on any atom is -0.469 e. The summed E-state index contributed by atoms with van der Waals surface area (Å²) in [6.07, 6.45) is 23.7. The van der Waals surface area contributed by atoms with Crippen LogP contribution >= 0.6 is 0 Å². The number of aliphatic hydroxyl groups excluding tert-OH is 3. The van der Waals surface area contributed by atoms with Gasteiger partial charge in [0, 0.05) is 58.1 Å². The maximum atomic E-state index is 12.5. The van der Waals surface area contributed by atoms with Crippen LogP contribution in [0.1, 0.15) is 194 Å². The van der Waals surface area contributed by atoms with Gasteiger partial charge in [0.15, 0.2) is 0 Å². The molecule has 0 aromatic carbocycles. The fourth-order valence-corrected chi connectivity index (χ4v) is 7.23. The highest BCUT2D eigenvalue weighted by atomic mass is 16.5. The van der Waals surface area contributed by atoms with Gasteiger partial charge in [0.25, 0.3) is 0 Å². The van der Waals surface area contributed by atoms with Crippen LogP contribution < -0.4 is 0 Å². The highest BCUT2D eigenvalue weighted by Gasteiger charge is 2.19. The second kappa shape index (κ2) is 42.8. The molecule has 0 aromatic rings. The van der Waals surface area contributed by atoms with E-state index in [1.165, 1.54) is 46.3 Å². The van der Waals surface area contributed by atoms with Gasteiger partial charge in [-0.05, 0) is 96.4 Å². The summed E-state index contributed by atoms with van der Waals surface area (Å²) in [5.74, 6) is -0.318. The first-order valence-electron chi connectivity index (χ1n) is 23.9. The van der Waals surface area contributed by atoms with Gasteiger partial charge in [-0.1, -0.05) is 84.5 Å². The minimum atomic E-state index is -0.564. The van der Waals surface area contributed by atoms with E-state index in [1.54, 1.807) is 0 Å². The zero-order valence-corrected chi connectivity index (χ0v) is 38.3. The van der Waals surface area contributed by atoms with Crippen molar-refractivity contribution >= 4 is 17.9 Å². The second-order valence-electron chi connectivity index (χ2n) is 16.6. The van der Waals surface area contributed by atoms with Crippen LogP contribution in [0.4, 0.5) is 0 Å². The van der Waals surface area contributed by atoms with Gasteiger partial charge in [0.05, 0.1) is 39.6 Å². The fourth-order valence-electron chi connectivity index (χ4n) is 7.23. The van der Waals surface area contributed by atoms with Gasteiger partial charge >= 0.3 is 17.9 Å². The number of unbranched alkanes of at least 4 members (excludes halogenated alkanes) is 15. The van der Waals surface area contributed by atoms with Crippen molar-refractivity contribution in [2.24, 2.45) is 5.92 Å². The molecule has 0 saturated carbocycles. The number of carbonyl (C=O) groups excluding carboxylic acids is 3. The maximum absolute atomic E-state index is 12.5. The van der Waals surface area contributed by atoms with Gasteiger partial charge in [0.2, 0.25) is 0 Å².